The zero-order valence-electron chi connectivity index (χ0n) is 15.8. The number of aromatic nitrogens is 2. The lowest BCUT2D eigenvalue weighted by atomic mass is 10.1. The fourth-order valence-electron chi connectivity index (χ4n) is 3.27. The van der Waals surface area contributed by atoms with Crippen LogP contribution in [0.4, 0.5) is 15.8 Å². The Labute approximate surface area is 170 Å². The molecule has 3 aromatic rings. The second kappa shape index (κ2) is 8.27. The first-order chi connectivity index (χ1) is 14.5. The van der Waals surface area contributed by atoms with Crippen LogP contribution >= 0.6 is 0 Å². The third-order valence-corrected chi connectivity index (χ3v) is 4.75. The van der Waals surface area contributed by atoms with Crippen molar-refractivity contribution >= 4 is 17.3 Å². The van der Waals surface area contributed by atoms with Crippen molar-refractivity contribution in [3.05, 3.63) is 69.9 Å². The molecule has 1 fully saturated rings. The minimum Gasteiger partial charge on any atom is -0.452 e. The number of halogens is 1. The van der Waals surface area contributed by atoms with Crippen LogP contribution in [0, 0.1) is 15.9 Å². The van der Waals surface area contributed by atoms with Gasteiger partial charge in [0.05, 0.1) is 16.2 Å². The molecule has 1 aromatic heterocycles. The molecular weight excluding hydrogens is 395 g/mol. The Morgan fingerprint density at radius 1 is 1.20 bits per heavy atom. The Morgan fingerprint density at radius 2 is 1.93 bits per heavy atom. The summed E-state index contributed by atoms with van der Waals surface area (Å²) in [6, 6.07) is 9.70. The van der Waals surface area contributed by atoms with E-state index in [0.717, 1.165) is 25.9 Å². The van der Waals surface area contributed by atoms with Crippen molar-refractivity contribution in [2.45, 2.75) is 19.4 Å². The molecule has 30 heavy (non-hydrogen) atoms. The van der Waals surface area contributed by atoms with Crippen molar-refractivity contribution in [3.63, 3.8) is 0 Å². The Balaban J connectivity index is 1.50. The van der Waals surface area contributed by atoms with Crippen LogP contribution in [0.5, 0.6) is 0 Å². The maximum Gasteiger partial charge on any atom is 0.341 e. The maximum absolute atomic E-state index is 13.0. The smallest absolute Gasteiger partial charge is 0.341 e. The standard InChI is InChI=1S/C20H17FN4O5/c21-14-5-3-13(4-6-14)19-22-18(30-23-19)12-29-20(26)16-11-15(25(27)28)7-8-17(16)24-9-1-2-10-24/h3-8,11H,1-2,9-10,12H2. The number of carbonyl (C=O) groups is 1. The van der Waals surface area contributed by atoms with E-state index < -0.39 is 10.9 Å². The summed E-state index contributed by atoms with van der Waals surface area (Å²) in [6.45, 7) is 1.24. The average molecular weight is 412 g/mol. The fourth-order valence-corrected chi connectivity index (χ4v) is 3.27. The summed E-state index contributed by atoms with van der Waals surface area (Å²) in [4.78, 5) is 29.4. The Hall–Kier alpha value is -3.82. The predicted octanol–water partition coefficient (Wildman–Crippen LogP) is 3.74. The van der Waals surface area contributed by atoms with Gasteiger partial charge in [-0.15, -0.1) is 0 Å². The van der Waals surface area contributed by atoms with E-state index in [9.17, 15) is 19.3 Å². The van der Waals surface area contributed by atoms with Crippen molar-refractivity contribution < 1.29 is 23.4 Å². The highest BCUT2D eigenvalue weighted by molar-refractivity contribution is 5.96. The van der Waals surface area contributed by atoms with Crippen LogP contribution in [-0.2, 0) is 11.3 Å². The highest BCUT2D eigenvalue weighted by Gasteiger charge is 2.24. The normalized spacial score (nSPS) is 13.4. The van der Waals surface area contributed by atoms with Crippen LogP contribution in [-0.4, -0.2) is 34.1 Å². The van der Waals surface area contributed by atoms with Gasteiger partial charge >= 0.3 is 5.97 Å². The van der Waals surface area contributed by atoms with Gasteiger partial charge in [0, 0.05) is 30.8 Å². The van der Waals surface area contributed by atoms with Gasteiger partial charge in [0.1, 0.15) is 5.82 Å². The zero-order valence-corrected chi connectivity index (χ0v) is 15.8. The number of nitro benzene ring substituents is 1. The molecule has 0 spiro atoms. The van der Waals surface area contributed by atoms with Gasteiger partial charge in [-0.05, 0) is 43.2 Å². The number of esters is 1. The third kappa shape index (κ3) is 4.12. The molecule has 9 nitrogen and oxygen atoms in total. The van der Waals surface area contributed by atoms with Crippen molar-refractivity contribution in [3.8, 4) is 11.4 Å². The summed E-state index contributed by atoms with van der Waals surface area (Å²) in [5.41, 5.74) is 1.07. The van der Waals surface area contributed by atoms with Crippen LogP contribution in [0.1, 0.15) is 29.1 Å². The lowest BCUT2D eigenvalue weighted by molar-refractivity contribution is -0.384. The van der Waals surface area contributed by atoms with Gasteiger partial charge in [-0.25, -0.2) is 9.18 Å². The zero-order chi connectivity index (χ0) is 21.1. The van der Waals surface area contributed by atoms with Crippen molar-refractivity contribution in [1.29, 1.82) is 0 Å². The second-order valence-corrected chi connectivity index (χ2v) is 6.75. The average Bonchev–Trinajstić information content (AvgIpc) is 3.44. The first-order valence-electron chi connectivity index (χ1n) is 9.30. The van der Waals surface area contributed by atoms with E-state index in [4.69, 9.17) is 9.26 Å². The minimum atomic E-state index is -0.720. The van der Waals surface area contributed by atoms with Crippen molar-refractivity contribution in [2.75, 3.05) is 18.0 Å². The molecule has 0 unspecified atom stereocenters. The topological polar surface area (TPSA) is 112 Å². The summed E-state index contributed by atoms with van der Waals surface area (Å²) in [7, 11) is 0. The number of hydrogen-bond acceptors (Lipinski definition) is 8. The minimum absolute atomic E-state index is 0.0517. The summed E-state index contributed by atoms with van der Waals surface area (Å²) in [6.07, 6.45) is 1.97. The molecule has 0 bridgehead atoms. The summed E-state index contributed by atoms with van der Waals surface area (Å²) >= 11 is 0. The molecule has 0 saturated carbocycles. The molecule has 2 heterocycles. The molecule has 0 aliphatic carbocycles. The number of anilines is 1. The molecule has 0 atom stereocenters. The van der Waals surface area contributed by atoms with E-state index in [1.54, 1.807) is 6.07 Å². The number of carbonyl (C=O) groups excluding carboxylic acids is 1. The van der Waals surface area contributed by atoms with Gasteiger partial charge < -0.3 is 14.2 Å². The molecular formula is C20H17FN4O5. The van der Waals surface area contributed by atoms with E-state index in [1.165, 1.54) is 36.4 Å². The Kier molecular flexibility index (Phi) is 5.38. The number of hydrogen-bond donors (Lipinski definition) is 0. The number of benzene rings is 2. The number of ether oxygens (including phenoxy) is 1. The number of nitro groups is 1. The van der Waals surface area contributed by atoms with Crippen LogP contribution in [0.25, 0.3) is 11.4 Å². The molecule has 10 heteroatoms. The van der Waals surface area contributed by atoms with Gasteiger partial charge in [0.2, 0.25) is 5.82 Å². The summed E-state index contributed by atoms with van der Waals surface area (Å²) < 4.78 is 23.4. The maximum atomic E-state index is 13.0. The van der Waals surface area contributed by atoms with Gasteiger partial charge in [-0.2, -0.15) is 4.98 Å². The van der Waals surface area contributed by atoms with Gasteiger partial charge in [0.15, 0.2) is 6.61 Å². The molecule has 1 aliphatic rings. The second-order valence-electron chi connectivity index (χ2n) is 6.75. The van der Waals surface area contributed by atoms with Crippen molar-refractivity contribution in [1.82, 2.24) is 10.1 Å². The number of non-ortho nitro benzene ring substituents is 1. The van der Waals surface area contributed by atoms with Crippen molar-refractivity contribution in [2.24, 2.45) is 0 Å². The van der Waals surface area contributed by atoms with Crippen LogP contribution in [0.15, 0.2) is 47.0 Å². The lowest BCUT2D eigenvalue weighted by Crippen LogP contribution is -2.21. The first-order valence-corrected chi connectivity index (χ1v) is 9.30. The van der Waals surface area contributed by atoms with E-state index in [2.05, 4.69) is 10.1 Å². The molecule has 2 aromatic carbocycles. The van der Waals surface area contributed by atoms with Crippen LogP contribution in [0.3, 0.4) is 0 Å². The van der Waals surface area contributed by atoms with Crippen LogP contribution < -0.4 is 4.90 Å². The van der Waals surface area contributed by atoms with Gasteiger partial charge in [-0.1, -0.05) is 5.16 Å². The van der Waals surface area contributed by atoms with E-state index in [-0.39, 0.29) is 35.4 Å². The Bertz CT molecular complexity index is 1080. The van der Waals surface area contributed by atoms with Crippen LogP contribution in [0.2, 0.25) is 0 Å². The van der Waals surface area contributed by atoms with Gasteiger partial charge in [0.25, 0.3) is 11.6 Å². The fraction of sp³-hybridized carbons (Fsp3) is 0.250. The predicted molar refractivity (Wildman–Crippen MR) is 103 cm³/mol. The van der Waals surface area contributed by atoms with E-state index in [0.29, 0.717) is 11.3 Å². The molecule has 154 valence electrons. The quantitative estimate of drug-likeness (QED) is 0.342. The molecule has 0 N–H and O–H groups in total. The molecule has 4 rings (SSSR count). The third-order valence-electron chi connectivity index (χ3n) is 4.75. The van der Waals surface area contributed by atoms with E-state index in [1.807, 2.05) is 4.90 Å². The lowest BCUT2D eigenvalue weighted by Gasteiger charge is -2.20. The highest BCUT2D eigenvalue weighted by Crippen LogP contribution is 2.29. The SMILES string of the molecule is O=C(OCc1nc(-c2ccc(F)cc2)no1)c1cc([N+](=O)[O-])ccc1N1CCCC1. The monoisotopic (exact) mass is 412 g/mol. The number of nitrogens with zero attached hydrogens (tertiary/aromatic N) is 4. The summed E-state index contributed by atoms with van der Waals surface area (Å²) in [5.74, 6) is -0.825. The first kappa shape index (κ1) is 19.5. The number of rotatable bonds is 6. The molecule has 1 saturated heterocycles. The van der Waals surface area contributed by atoms with E-state index >= 15 is 0 Å². The Morgan fingerprint density at radius 3 is 2.63 bits per heavy atom. The molecule has 1 aliphatic heterocycles. The summed E-state index contributed by atoms with van der Waals surface area (Å²) in [5, 5.41) is 14.9. The highest BCUT2D eigenvalue weighted by atomic mass is 19.1. The molecule has 0 radical (unpaired) electrons. The molecule has 0 amide bonds. The largest absolute Gasteiger partial charge is 0.452 e. The van der Waals surface area contributed by atoms with Gasteiger partial charge in [-0.3, -0.25) is 10.1 Å².